The quantitative estimate of drug-likeness (QED) is 0.203. The van der Waals surface area contributed by atoms with E-state index >= 15 is 0 Å². The predicted molar refractivity (Wildman–Crippen MR) is 142 cm³/mol. The molecule has 35 heavy (non-hydrogen) atoms. The Kier molecular flexibility index (Phi) is 10.5. The van der Waals surface area contributed by atoms with Crippen LogP contribution in [-0.4, -0.2) is 77.5 Å². The van der Waals surface area contributed by atoms with Gasteiger partial charge in [0.15, 0.2) is 11.8 Å². The number of nitrogens with zero attached hydrogens (tertiary/aromatic N) is 6. The van der Waals surface area contributed by atoms with Gasteiger partial charge in [-0.2, -0.15) is 15.1 Å². The second kappa shape index (κ2) is 13.3. The highest BCUT2D eigenvalue weighted by Crippen LogP contribution is 2.21. The molecule has 1 fully saturated rings. The van der Waals surface area contributed by atoms with Crippen molar-refractivity contribution in [3.8, 4) is 0 Å². The zero-order valence-electron chi connectivity index (χ0n) is 21.1. The Hall–Kier alpha value is -3.67. The summed E-state index contributed by atoms with van der Waals surface area (Å²) < 4.78 is 13.2. The Bertz CT molecular complexity index is 989. The molecule has 7 N–H and O–H groups in total. The molecule has 2 atom stereocenters. The summed E-state index contributed by atoms with van der Waals surface area (Å²) in [6, 6.07) is 1.30. The minimum atomic E-state index is -0.598. The summed E-state index contributed by atoms with van der Waals surface area (Å²) >= 11 is 0. The van der Waals surface area contributed by atoms with Crippen LogP contribution in [0.3, 0.4) is 0 Å². The van der Waals surface area contributed by atoms with E-state index in [1.807, 2.05) is 13.0 Å². The lowest BCUT2D eigenvalue weighted by Gasteiger charge is -2.35. The number of aryl methyl sites for hydroxylation is 1. The van der Waals surface area contributed by atoms with Crippen molar-refractivity contribution < 1.29 is 4.39 Å². The number of piperidine rings is 1. The topological polar surface area (TPSA) is 148 Å². The van der Waals surface area contributed by atoms with E-state index in [4.69, 9.17) is 11.5 Å². The zero-order valence-corrected chi connectivity index (χ0v) is 21.1. The van der Waals surface area contributed by atoms with Gasteiger partial charge < -0.3 is 31.9 Å². The number of aliphatic imine (C=N–C) groups is 3. The molecular formula is C23H38FN11. The van der Waals surface area contributed by atoms with Gasteiger partial charge >= 0.3 is 0 Å². The van der Waals surface area contributed by atoms with Crippen LogP contribution < -0.4 is 22.1 Å². The maximum absolute atomic E-state index is 13.2. The number of aromatic nitrogens is 2. The molecule has 0 aliphatic carbocycles. The lowest BCUT2D eigenvalue weighted by Crippen LogP contribution is -2.46. The van der Waals surface area contributed by atoms with E-state index in [9.17, 15) is 4.39 Å². The van der Waals surface area contributed by atoms with Crippen LogP contribution in [0, 0.1) is 12.8 Å². The van der Waals surface area contributed by atoms with Crippen LogP contribution in [0.5, 0.6) is 0 Å². The van der Waals surface area contributed by atoms with Crippen molar-refractivity contribution in [2.75, 3.05) is 39.0 Å². The van der Waals surface area contributed by atoms with Crippen molar-refractivity contribution in [1.29, 1.82) is 0 Å². The number of guanidine groups is 2. The van der Waals surface area contributed by atoms with Crippen LogP contribution in [0.4, 0.5) is 10.2 Å². The second-order valence-electron chi connectivity index (χ2n) is 8.76. The highest BCUT2D eigenvalue weighted by atomic mass is 19.1. The first-order chi connectivity index (χ1) is 16.6. The number of aromatic amines is 1. The van der Waals surface area contributed by atoms with E-state index < -0.39 is 11.9 Å². The average Bonchev–Trinajstić information content (AvgIpc) is 3.20. The number of halogens is 1. The highest BCUT2D eigenvalue weighted by Gasteiger charge is 2.21. The summed E-state index contributed by atoms with van der Waals surface area (Å²) in [5, 5.41) is 13.0. The van der Waals surface area contributed by atoms with Crippen LogP contribution in [0.1, 0.15) is 25.5 Å². The Morgan fingerprint density at radius 1 is 1.43 bits per heavy atom. The molecule has 0 bridgehead atoms. The molecule has 1 unspecified atom stereocenters. The number of nitrogens with one attached hydrogen (secondary N) is 3. The Balaban J connectivity index is 2.20. The average molecular weight is 488 g/mol. The monoisotopic (exact) mass is 487 g/mol. The zero-order chi connectivity index (χ0) is 26.0. The first kappa shape index (κ1) is 27.6. The molecule has 12 heteroatoms. The summed E-state index contributed by atoms with van der Waals surface area (Å²) in [6.45, 7) is 13.8. The van der Waals surface area contributed by atoms with Gasteiger partial charge in [0.2, 0.25) is 5.96 Å². The standard InChI is InChI=1S/C23H38FN11/c1-7-19(24)12-27-21(25)16(3)28-22(26)31-23(30-20-11-15(2)32-33-20)29-17(4)35-10-8-9-18(14-35)13-34(5)6/h7,11-12,16,18H,1,4,8-10,13-14H2,2-3,5-6H3,(H2,25,27)(H5,26,28,29,30,31,32,33)/b19-12+/t16-,18?/m0/s1. The third-order valence-corrected chi connectivity index (χ3v) is 5.25. The van der Waals surface area contributed by atoms with Gasteiger partial charge in [0.25, 0.3) is 0 Å². The lowest BCUT2D eigenvalue weighted by molar-refractivity contribution is 0.183. The number of nitrogens with two attached hydrogens (primary N) is 2. The van der Waals surface area contributed by atoms with Crippen molar-refractivity contribution >= 4 is 23.6 Å². The van der Waals surface area contributed by atoms with Gasteiger partial charge in [0.05, 0.1) is 12.2 Å². The van der Waals surface area contributed by atoms with Crippen LogP contribution in [-0.2, 0) is 0 Å². The number of amidine groups is 1. The summed E-state index contributed by atoms with van der Waals surface area (Å²) in [4.78, 5) is 17.2. The van der Waals surface area contributed by atoms with Crippen molar-refractivity contribution in [2.45, 2.75) is 32.7 Å². The molecular weight excluding hydrogens is 449 g/mol. The molecule has 0 saturated carbocycles. The molecule has 0 spiro atoms. The van der Waals surface area contributed by atoms with Gasteiger partial charge in [-0.25, -0.2) is 9.38 Å². The van der Waals surface area contributed by atoms with Crippen LogP contribution in [0.2, 0.25) is 0 Å². The maximum Gasteiger partial charge on any atom is 0.233 e. The van der Waals surface area contributed by atoms with Gasteiger partial charge in [0, 0.05) is 31.4 Å². The van der Waals surface area contributed by atoms with Gasteiger partial charge in [0.1, 0.15) is 17.5 Å². The highest BCUT2D eigenvalue weighted by molar-refractivity contribution is 6.02. The molecule has 11 nitrogen and oxygen atoms in total. The van der Waals surface area contributed by atoms with Crippen molar-refractivity contribution in [3.05, 3.63) is 48.8 Å². The normalized spacial score (nSPS) is 19.0. The third kappa shape index (κ3) is 9.61. The van der Waals surface area contributed by atoms with Crippen molar-refractivity contribution in [2.24, 2.45) is 32.4 Å². The largest absolute Gasteiger partial charge is 0.385 e. The van der Waals surface area contributed by atoms with E-state index in [1.165, 1.54) is 6.42 Å². The number of likely N-dealkylation sites (tertiary alicyclic amines) is 1. The Morgan fingerprint density at radius 3 is 2.80 bits per heavy atom. The van der Waals surface area contributed by atoms with Gasteiger partial charge in [-0.1, -0.05) is 13.2 Å². The molecule has 2 heterocycles. The summed E-state index contributed by atoms with van der Waals surface area (Å²) in [5.74, 6) is 1.43. The number of rotatable bonds is 9. The molecule has 192 valence electrons. The van der Waals surface area contributed by atoms with Crippen molar-refractivity contribution in [1.82, 2.24) is 25.3 Å². The smallest absolute Gasteiger partial charge is 0.233 e. The minimum Gasteiger partial charge on any atom is -0.385 e. The fourth-order valence-electron chi connectivity index (χ4n) is 3.58. The SMILES string of the molecule is C=C/C(F)=C\N=C(/N)[C@H](C)N/C(N)=N/C(=N\C(=C)N1CCCC(CN(C)C)C1)Nc1cc(C)[nH]n1. The molecule has 0 radical (unpaired) electrons. The number of H-pyrrole nitrogens is 1. The van der Waals surface area contributed by atoms with Gasteiger partial charge in [-0.05, 0) is 52.8 Å². The first-order valence-electron chi connectivity index (χ1n) is 11.5. The minimum absolute atomic E-state index is 0.0410. The summed E-state index contributed by atoms with van der Waals surface area (Å²) in [5.41, 5.74) is 12.9. The summed E-state index contributed by atoms with van der Waals surface area (Å²) in [7, 11) is 4.16. The molecule has 1 aliphatic rings. The van der Waals surface area contributed by atoms with Crippen LogP contribution in [0.15, 0.2) is 58.1 Å². The fourth-order valence-corrected chi connectivity index (χ4v) is 3.58. The molecule has 1 saturated heterocycles. The predicted octanol–water partition coefficient (Wildman–Crippen LogP) is 1.88. The third-order valence-electron chi connectivity index (χ3n) is 5.25. The van der Waals surface area contributed by atoms with Gasteiger partial charge in [-0.15, -0.1) is 0 Å². The van der Waals surface area contributed by atoms with Crippen molar-refractivity contribution in [3.63, 3.8) is 0 Å². The van der Waals surface area contributed by atoms with E-state index in [-0.39, 0.29) is 17.8 Å². The Morgan fingerprint density at radius 2 is 2.17 bits per heavy atom. The van der Waals surface area contributed by atoms with E-state index in [0.717, 1.165) is 44.0 Å². The second-order valence-corrected chi connectivity index (χ2v) is 8.76. The lowest BCUT2D eigenvalue weighted by atomic mass is 9.98. The molecule has 0 amide bonds. The van der Waals surface area contributed by atoms with E-state index in [1.54, 1.807) is 6.92 Å². The maximum atomic E-state index is 13.2. The van der Waals surface area contributed by atoms with E-state index in [2.05, 4.69) is 72.9 Å². The molecule has 2 rings (SSSR count). The number of hydrogen-bond acceptors (Lipinski definition) is 5. The molecule has 1 aliphatic heterocycles. The molecule has 0 aromatic carbocycles. The first-order valence-corrected chi connectivity index (χ1v) is 11.5. The van der Waals surface area contributed by atoms with Gasteiger partial charge in [-0.3, -0.25) is 5.10 Å². The Labute approximate surface area is 206 Å². The molecule has 1 aromatic heterocycles. The number of anilines is 1. The number of hydrogen-bond donors (Lipinski definition) is 5. The van der Waals surface area contributed by atoms with Crippen LogP contribution in [0.25, 0.3) is 0 Å². The van der Waals surface area contributed by atoms with Crippen LogP contribution >= 0.6 is 0 Å². The summed E-state index contributed by atoms with van der Waals surface area (Å²) in [6.07, 6.45) is 4.26. The fraction of sp³-hybridized carbons (Fsp3) is 0.478. The number of allylic oxidation sites excluding steroid dienone is 2. The molecule has 1 aromatic rings. The van der Waals surface area contributed by atoms with E-state index in [0.29, 0.717) is 17.6 Å².